The molecule has 3 heteroatoms. The zero-order valence-electron chi connectivity index (χ0n) is 7.44. The molecule has 0 saturated heterocycles. The summed E-state index contributed by atoms with van der Waals surface area (Å²) in [7, 11) is 0. The Labute approximate surface area is 72.1 Å². The minimum Gasteiger partial charge on any atom is -0.312 e. The Bertz CT molecular complexity index is 298. The molecule has 12 heavy (non-hydrogen) atoms. The molecule has 1 aromatic heterocycles. The first-order chi connectivity index (χ1) is 5.79. The number of fused-ring (bicyclic) bond motifs is 1. The van der Waals surface area contributed by atoms with Crippen molar-refractivity contribution in [1.82, 2.24) is 9.55 Å². The van der Waals surface area contributed by atoms with Crippen LogP contribution < -0.4 is 0 Å². The molecule has 0 N–H and O–H groups in total. The highest BCUT2D eigenvalue weighted by atomic mass is 15.2. The lowest BCUT2D eigenvalue weighted by Gasteiger charge is -2.24. The molecule has 0 aliphatic carbocycles. The molecular formula is C9H13N3. The van der Waals surface area contributed by atoms with Crippen LogP contribution in [0.25, 0.3) is 0 Å². The van der Waals surface area contributed by atoms with Gasteiger partial charge < -0.3 is 4.57 Å². The summed E-state index contributed by atoms with van der Waals surface area (Å²) in [5.74, 6) is 1.49. The molecule has 0 spiro atoms. The van der Waals surface area contributed by atoms with Crippen LogP contribution >= 0.6 is 0 Å². The number of aromatic nitrogens is 2. The van der Waals surface area contributed by atoms with Crippen LogP contribution in [0.15, 0.2) is 17.4 Å². The first-order valence-electron chi connectivity index (χ1n) is 4.34. The molecule has 0 saturated carbocycles. The van der Waals surface area contributed by atoms with Gasteiger partial charge in [0.05, 0.1) is 0 Å². The van der Waals surface area contributed by atoms with Gasteiger partial charge in [-0.3, -0.25) is 0 Å². The largest absolute Gasteiger partial charge is 0.312 e. The topological polar surface area (TPSA) is 30.2 Å². The summed E-state index contributed by atoms with van der Waals surface area (Å²) in [6, 6.07) is 0.542. The molecule has 1 aromatic rings. The minimum absolute atomic E-state index is 0.542. The predicted molar refractivity (Wildman–Crippen MR) is 48.9 cm³/mol. The molecule has 2 rings (SSSR count). The Kier molecular flexibility index (Phi) is 1.71. The average molecular weight is 163 g/mol. The van der Waals surface area contributed by atoms with Crippen molar-refractivity contribution in [3.8, 4) is 0 Å². The lowest BCUT2D eigenvalue weighted by Crippen LogP contribution is -2.17. The Morgan fingerprint density at radius 3 is 3.17 bits per heavy atom. The Balaban J connectivity index is 2.38. The smallest absolute Gasteiger partial charge is 0.229 e. The third-order valence-electron chi connectivity index (χ3n) is 2.33. The van der Waals surface area contributed by atoms with Crippen LogP contribution in [0.1, 0.15) is 26.3 Å². The van der Waals surface area contributed by atoms with E-state index in [0.717, 1.165) is 12.4 Å². The highest BCUT2D eigenvalue weighted by Gasteiger charge is 2.19. The zero-order valence-corrected chi connectivity index (χ0v) is 7.44. The summed E-state index contributed by atoms with van der Waals surface area (Å²) in [4.78, 5) is 8.37. The fraction of sp³-hybridized carbons (Fsp3) is 0.556. The fourth-order valence-corrected chi connectivity index (χ4v) is 1.61. The molecule has 1 aliphatic rings. The number of hydrogen-bond acceptors (Lipinski definition) is 2. The number of aliphatic imine (C=N–C) groups is 1. The van der Waals surface area contributed by atoms with Crippen molar-refractivity contribution in [3.05, 3.63) is 12.4 Å². The van der Waals surface area contributed by atoms with Gasteiger partial charge in [-0.1, -0.05) is 13.8 Å². The maximum Gasteiger partial charge on any atom is 0.229 e. The molecule has 1 atom stereocenters. The van der Waals surface area contributed by atoms with Gasteiger partial charge >= 0.3 is 0 Å². The SMILES string of the molecule is CC(C)C1CC=Nc2nccn21. The van der Waals surface area contributed by atoms with Gasteiger partial charge in [0.2, 0.25) is 5.95 Å². The molecule has 1 aliphatic heterocycles. The van der Waals surface area contributed by atoms with Crippen LogP contribution in [0.5, 0.6) is 0 Å². The van der Waals surface area contributed by atoms with Gasteiger partial charge in [-0.2, -0.15) is 0 Å². The highest BCUT2D eigenvalue weighted by molar-refractivity contribution is 5.63. The van der Waals surface area contributed by atoms with Crippen molar-refractivity contribution in [2.75, 3.05) is 0 Å². The van der Waals surface area contributed by atoms with Crippen LogP contribution in [0.3, 0.4) is 0 Å². The number of hydrogen-bond donors (Lipinski definition) is 0. The van der Waals surface area contributed by atoms with E-state index in [4.69, 9.17) is 0 Å². The Hall–Kier alpha value is -1.12. The molecule has 0 radical (unpaired) electrons. The summed E-state index contributed by atoms with van der Waals surface area (Å²) >= 11 is 0. The van der Waals surface area contributed by atoms with Crippen LogP contribution in [0.4, 0.5) is 5.95 Å². The van der Waals surface area contributed by atoms with E-state index in [1.165, 1.54) is 0 Å². The third-order valence-corrected chi connectivity index (χ3v) is 2.33. The average Bonchev–Trinajstić information content (AvgIpc) is 2.49. The van der Waals surface area contributed by atoms with Gasteiger partial charge in [-0.15, -0.1) is 0 Å². The van der Waals surface area contributed by atoms with E-state index in [2.05, 4.69) is 28.4 Å². The summed E-state index contributed by atoms with van der Waals surface area (Å²) < 4.78 is 2.16. The second-order valence-corrected chi connectivity index (χ2v) is 3.49. The van der Waals surface area contributed by atoms with E-state index in [0.29, 0.717) is 12.0 Å². The molecule has 2 heterocycles. The van der Waals surface area contributed by atoms with E-state index in [1.54, 1.807) is 0 Å². The molecule has 0 amide bonds. The van der Waals surface area contributed by atoms with Crippen molar-refractivity contribution in [2.24, 2.45) is 10.9 Å². The van der Waals surface area contributed by atoms with Crippen LogP contribution in [-0.2, 0) is 0 Å². The lowest BCUT2D eigenvalue weighted by molar-refractivity contribution is 0.387. The van der Waals surface area contributed by atoms with Crippen molar-refractivity contribution < 1.29 is 0 Å². The summed E-state index contributed by atoms with van der Waals surface area (Å²) in [6.45, 7) is 4.46. The van der Waals surface area contributed by atoms with Crippen LogP contribution in [0, 0.1) is 5.92 Å². The number of rotatable bonds is 1. The van der Waals surface area contributed by atoms with Crippen LogP contribution in [0.2, 0.25) is 0 Å². The molecular weight excluding hydrogens is 150 g/mol. The second-order valence-electron chi connectivity index (χ2n) is 3.49. The van der Waals surface area contributed by atoms with Gasteiger partial charge in [-0.25, -0.2) is 9.98 Å². The van der Waals surface area contributed by atoms with Crippen LogP contribution in [-0.4, -0.2) is 15.8 Å². The first kappa shape index (κ1) is 7.53. The zero-order chi connectivity index (χ0) is 8.55. The maximum atomic E-state index is 4.21. The van der Waals surface area contributed by atoms with E-state index in [-0.39, 0.29) is 0 Å². The molecule has 1 unspecified atom stereocenters. The number of imidazole rings is 1. The van der Waals surface area contributed by atoms with Crippen molar-refractivity contribution in [3.63, 3.8) is 0 Å². The lowest BCUT2D eigenvalue weighted by atomic mass is 10.0. The van der Waals surface area contributed by atoms with Crippen molar-refractivity contribution in [2.45, 2.75) is 26.3 Å². The predicted octanol–water partition coefficient (Wildman–Crippen LogP) is 2.19. The first-order valence-corrected chi connectivity index (χ1v) is 4.34. The Morgan fingerprint density at radius 2 is 2.42 bits per heavy atom. The van der Waals surface area contributed by atoms with E-state index >= 15 is 0 Å². The normalized spacial score (nSPS) is 21.4. The molecule has 0 fully saturated rings. The highest BCUT2D eigenvalue weighted by Crippen LogP contribution is 2.28. The van der Waals surface area contributed by atoms with Gasteiger partial charge in [-0.05, 0) is 5.92 Å². The van der Waals surface area contributed by atoms with Gasteiger partial charge in [0.25, 0.3) is 0 Å². The van der Waals surface area contributed by atoms with Crippen molar-refractivity contribution >= 4 is 12.2 Å². The second kappa shape index (κ2) is 2.73. The Morgan fingerprint density at radius 1 is 1.58 bits per heavy atom. The molecule has 0 aromatic carbocycles. The minimum atomic E-state index is 0.542. The monoisotopic (exact) mass is 163 g/mol. The van der Waals surface area contributed by atoms with Gasteiger partial charge in [0.15, 0.2) is 0 Å². The summed E-state index contributed by atoms with van der Waals surface area (Å²) in [6.07, 6.45) is 6.82. The quantitative estimate of drug-likeness (QED) is 0.624. The summed E-state index contributed by atoms with van der Waals surface area (Å²) in [5.41, 5.74) is 0. The van der Waals surface area contributed by atoms with E-state index < -0.39 is 0 Å². The van der Waals surface area contributed by atoms with Crippen molar-refractivity contribution in [1.29, 1.82) is 0 Å². The molecule has 64 valence electrons. The fourth-order valence-electron chi connectivity index (χ4n) is 1.61. The van der Waals surface area contributed by atoms with E-state index in [9.17, 15) is 0 Å². The molecule has 0 bridgehead atoms. The maximum absolute atomic E-state index is 4.21. The molecule has 3 nitrogen and oxygen atoms in total. The number of nitrogens with zero attached hydrogens (tertiary/aromatic N) is 3. The van der Waals surface area contributed by atoms with Gasteiger partial charge in [0, 0.05) is 31.1 Å². The standard InChI is InChI=1S/C9H13N3/c1-7(2)8-3-4-10-9-11-5-6-12(8)9/h4-8H,3H2,1-2H3. The van der Waals surface area contributed by atoms with E-state index in [1.807, 2.05) is 18.6 Å². The third kappa shape index (κ3) is 1.05. The summed E-state index contributed by atoms with van der Waals surface area (Å²) in [5, 5.41) is 0. The van der Waals surface area contributed by atoms with Gasteiger partial charge in [0.1, 0.15) is 0 Å².